The van der Waals surface area contributed by atoms with E-state index in [2.05, 4.69) is 20.4 Å². The van der Waals surface area contributed by atoms with Crippen LogP contribution in [0.4, 0.5) is 4.39 Å². The van der Waals surface area contributed by atoms with Gasteiger partial charge in [-0.25, -0.2) is 4.39 Å². The van der Waals surface area contributed by atoms with Crippen LogP contribution in [0.5, 0.6) is 0 Å². The molecule has 29 heavy (non-hydrogen) atoms. The van der Waals surface area contributed by atoms with Gasteiger partial charge in [0.15, 0.2) is 0 Å². The van der Waals surface area contributed by atoms with Gasteiger partial charge in [0.2, 0.25) is 5.82 Å². The number of nitrogens with zero attached hydrogens (tertiary/aromatic N) is 3. The van der Waals surface area contributed by atoms with Gasteiger partial charge in [0.25, 0.3) is 5.89 Å². The molecule has 0 spiro atoms. The summed E-state index contributed by atoms with van der Waals surface area (Å²) in [5.74, 6) is 0.598. The molecule has 0 aliphatic carbocycles. The Hall–Kier alpha value is -3.38. The summed E-state index contributed by atoms with van der Waals surface area (Å²) in [5.41, 5.74) is 6.11. The summed E-state index contributed by atoms with van der Waals surface area (Å²) >= 11 is 0. The zero-order valence-corrected chi connectivity index (χ0v) is 15.9. The zero-order valence-electron chi connectivity index (χ0n) is 15.9. The molecule has 0 unspecified atom stereocenters. The van der Waals surface area contributed by atoms with Crippen molar-refractivity contribution in [2.75, 3.05) is 6.54 Å². The van der Waals surface area contributed by atoms with Gasteiger partial charge < -0.3 is 9.84 Å². The summed E-state index contributed by atoms with van der Waals surface area (Å²) in [5, 5.41) is 7.61. The molecule has 0 atom stereocenters. The first-order valence-corrected chi connectivity index (χ1v) is 9.59. The molecule has 3 heterocycles. The van der Waals surface area contributed by atoms with E-state index in [1.54, 1.807) is 12.1 Å². The zero-order chi connectivity index (χ0) is 19.8. The van der Waals surface area contributed by atoms with Crippen LogP contribution in [0, 0.1) is 12.7 Å². The molecular formula is C23H19FN4O. The van der Waals surface area contributed by atoms with Crippen LogP contribution in [0.1, 0.15) is 16.8 Å². The molecule has 0 bridgehead atoms. The molecule has 1 N–H and O–H groups in total. The second-order valence-corrected chi connectivity index (χ2v) is 7.10. The number of hydrogen-bond donors (Lipinski definition) is 1. The fraction of sp³-hybridized carbons (Fsp3) is 0.174. The molecule has 5 nitrogen and oxygen atoms in total. The van der Waals surface area contributed by atoms with E-state index in [0.29, 0.717) is 22.8 Å². The van der Waals surface area contributed by atoms with Crippen molar-refractivity contribution in [3.63, 3.8) is 0 Å². The fourth-order valence-electron chi connectivity index (χ4n) is 3.89. The van der Waals surface area contributed by atoms with E-state index >= 15 is 0 Å². The van der Waals surface area contributed by atoms with Crippen LogP contribution in [0.25, 0.3) is 34.0 Å². The van der Waals surface area contributed by atoms with Crippen LogP contribution < -0.4 is 5.32 Å². The fourth-order valence-corrected chi connectivity index (χ4v) is 3.89. The summed E-state index contributed by atoms with van der Waals surface area (Å²) in [7, 11) is 0. The molecule has 5 rings (SSSR count). The molecule has 144 valence electrons. The molecule has 0 saturated carbocycles. The largest absolute Gasteiger partial charge is 0.334 e. The predicted molar refractivity (Wildman–Crippen MR) is 109 cm³/mol. The van der Waals surface area contributed by atoms with Crippen LogP contribution in [0.15, 0.2) is 59.3 Å². The van der Waals surface area contributed by atoms with E-state index in [1.807, 2.05) is 43.5 Å². The van der Waals surface area contributed by atoms with E-state index in [1.165, 1.54) is 11.6 Å². The van der Waals surface area contributed by atoms with Crippen LogP contribution in [-0.2, 0) is 13.0 Å². The number of rotatable bonds is 3. The van der Waals surface area contributed by atoms with E-state index in [-0.39, 0.29) is 5.82 Å². The lowest BCUT2D eigenvalue weighted by atomic mass is 9.95. The van der Waals surface area contributed by atoms with Gasteiger partial charge in [-0.2, -0.15) is 4.98 Å². The topological polar surface area (TPSA) is 63.8 Å². The van der Waals surface area contributed by atoms with E-state index in [0.717, 1.165) is 41.9 Å². The second kappa shape index (κ2) is 7.22. The number of aryl methyl sites for hydroxylation is 1. The first-order chi connectivity index (χ1) is 14.2. The molecule has 6 heteroatoms. The van der Waals surface area contributed by atoms with Gasteiger partial charge in [0.1, 0.15) is 5.82 Å². The maximum Gasteiger partial charge on any atom is 0.258 e. The SMILES string of the molecule is Cc1ncc2c(c1-c1noc(-c3ccccc3-c3ccccc3F)n1)CCNC2. The molecule has 4 aromatic rings. The summed E-state index contributed by atoms with van der Waals surface area (Å²) in [6.07, 6.45) is 2.80. The van der Waals surface area contributed by atoms with Gasteiger partial charge >= 0.3 is 0 Å². The number of halogens is 1. The molecule has 0 amide bonds. The van der Waals surface area contributed by atoms with Crippen LogP contribution in [0.3, 0.4) is 0 Å². The monoisotopic (exact) mass is 386 g/mol. The third-order valence-corrected chi connectivity index (χ3v) is 5.30. The Balaban J connectivity index is 1.63. The number of nitrogens with one attached hydrogen (secondary N) is 1. The molecular weight excluding hydrogens is 367 g/mol. The lowest BCUT2D eigenvalue weighted by Crippen LogP contribution is -2.24. The van der Waals surface area contributed by atoms with E-state index < -0.39 is 0 Å². The quantitative estimate of drug-likeness (QED) is 0.559. The molecule has 0 radical (unpaired) electrons. The number of aromatic nitrogens is 3. The van der Waals surface area contributed by atoms with Gasteiger partial charge in [0.05, 0.1) is 0 Å². The lowest BCUT2D eigenvalue weighted by molar-refractivity contribution is 0.432. The minimum atomic E-state index is -0.288. The highest BCUT2D eigenvalue weighted by Crippen LogP contribution is 2.35. The van der Waals surface area contributed by atoms with Crippen molar-refractivity contribution in [3.05, 3.63) is 77.4 Å². The smallest absolute Gasteiger partial charge is 0.258 e. The third kappa shape index (κ3) is 3.11. The van der Waals surface area contributed by atoms with Gasteiger partial charge in [-0.15, -0.1) is 0 Å². The predicted octanol–water partition coefficient (Wildman–Crippen LogP) is 4.56. The third-order valence-electron chi connectivity index (χ3n) is 5.30. The lowest BCUT2D eigenvalue weighted by Gasteiger charge is -2.19. The minimum absolute atomic E-state index is 0.288. The van der Waals surface area contributed by atoms with Crippen molar-refractivity contribution >= 4 is 0 Å². The van der Waals surface area contributed by atoms with Crippen LogP contribution in [-0.4, -0.2) is 21.7 Å². The highest BCUT2D eigenvalue weighted by Gasteiger charge is 2.22. The second-order valence-electron chi connectivity index (χ2n) is 7.10. The normalized spacial score (nSPS) is 13.3. The van der Waals surface area contributed by atoms with Gasteiger partial charge in [-0.1, -0.05) is 41.6 Å². The molecule has 0 saturated heterocycles. The molecule has 2 aromatic heterocycles. The average molecular weight is 386 g/mol. The Labute approximate surface area is 167 Å². The molecule has 1 aliphatic heterocycles. The Bertz CT molecular complexity index is 1200. The van der Waals surface area contributed by atoms with Crippen molar-refractivity contribution in [2.24, 2.45) is 0 Å². The number of pyridine rings is 1. The van der Waals surface area contributed by atoms with Crippen molar-refractivity contribution < 1.29 is 8.91 Å². The Morgan fingerprint density at radius 1 is 1.00 bits per heavy atom. The van der Waals surface area contributed by atoms with Crippen molar-refractivity contribution in [1.82, 2.24) is 20.4 Å². The Morgan fingerprint density at radius 3 is 2.59 bits per heavy atom. The number of fused-ring (bicyclic) bond motifs is 1. The van der Waals surface area contributed by atoms with Crippen molar-refractivity contribution in [3.8, 4) is 34.0 Å². The Kier molecular flexibility index (Phi) is 4.41. The highest BCUT2D eigenvalue weighted by molar-refractivity contribution is 5.80. The number of benzene rings is 2. The van der Waals surface area contributed by atoms with Gasteiger partial charge in [-0.05, 0) is 48.7 Å². The maximum absolute atomic E-state index is 14.4. The van der Waals surface area contributed by atoms with Gasteiger partial charge in [0, 0.05) is 35.1 Å². The number of hydrogen-bond acceptors (Lipinski definition) is 5. The van der Waals surface area contributed by atoms with Crippen LogP contribution >= 0.6 is 0 Å². The summed E-state index contributed by atoms with van der Waals surface area (Å²) in [6.45, 7) is 3.65. The van der Waals surface area contributed by atoms with E-state index in [9.17, 15) is 4.39 Å². The standard InChI is InChI=1S/C23H19FN4O/c1-14-21(16-10-11-25-12-15(16)13-26-14)22-27-23(29-28-22)19-8-3-2-6-17(19)18-7-4-5-9-20(18)24/h2-9,13,25H,10-12H2,1H3. The first kappa shape index (κ1) is 17.7. The van der Waals surface area contributed by atoms with Crippen molar-refractivity contribution in [2.45, 2.75) is 19.9 Å². The van der Waals surface area contributed by atoms with Gasteiger partial charge in [-0.3, -0.25) is 4.98 Å². The summed E-state index contributed by atoms with van der Waals surface area (Å²) in [4.78, 5) is 9.19. The van der Waals surface area contributed by atoms with E-state index in [4.69, 9.17) is 4.52 Å². The molecule has 0 fully saturated rings. The summed E-state index contributed by atoms with van der Waals surface area (Å²) in [6, 6.07) is 14.2. The molecule has 1 aliphatic rings. The van der Waals surface area contributed by atoms with Crippen LogP contribution in [0.2, 0.25) is 0 Å². The average Bonchev–Trinajstić information content (AvgIpc) is 3.23. The van der Waals surface area contributed by atoms with Crippen molar-refractivity contribution in [1.29, 1.82) is 0 Å². The highest BCUT2D eigenvalue weighted by atomic mass is 19.1. The summed E-state index contributed by atoms with van der Waals surface area (Å²) < 4.78 is 20.0. The maximum atomic E-state index is 14.4. The Morgan fingerprint density at radius 2 is 1.76 bits per heavy atom. The minimum Gasteiger partial charge on any atom is -0.334 e. The first-order valence-electron chi connectivity index (χ1n) is 9.59. The molecule has 2 aromatic carbocycles.